The third-order valence-corrected chi connectivity index (χ3v) is 2.30. The predicted molar refractivity (Wildman–Crippen MR) is 58.8 cm³/mol. The van der Waals surface area contributed by atoms with E-state index in [0.29, 0.717) is 18.2 Å². The van der Waals surface area contributed by atoms with Gasteiger partial charge in [-0.25, -0.2) is 4.98 Å². The minimum atomic E-state index is -0.0830. The zero-order valence-corrected chi connectivity index (χ0v) is 9.69. The van der Waals surface area contributed by atoms with Crippen molar-refractivity contribution in [3.05, 3.63) is 23.8 Å². The highest BCUT2D eigenvalue weighted by Crippen LogP contribution is 2.09. The molecule has 0 spiro atoms. The summed E-state index contributed by atoms with van der Waals surface area (Å²) in [6.07, 6.45) is 3.21. The van der Waals surface area contributed by atoms with E-state index in [1.807, 2.05) is 20.8 Å². The maximum absolute atomic E-state index is 11.7. The molecule has 0 aliphatic rings. The molecule has 0 aliphatic heterocycles. The molecular formula is C11H17N3O. The lowest BCUT2D eigenvalue weighted by molar-refractivity contribution is 0.0796. The summed E-state index contributed by atoms with van der Waals surface area (Å²) in [5, 5.41) is 0. The Balaban J connectivity index is 2.84. The van der Waals surface area contributed by atoms with Crippen molar-refractivity contribution in [3.8, 4) is 0 Å². The van der Waals surface area contributed by atoms with Crippen LogP contribution in [0, 0.1) is 0 Å². The molecule has 15 heavy (non-hydrogen) atoms. The van der Waals surface area contributed by atoms with Crippen LogP contribution >= 0.6 is 0 Å². The minimum Gasteiger partial charge on any atom is -0.341 e. The van der Waals surface area contributed by atoms with Crippen molar-refractivity contribution in [1.82, 2.24) is 14.9 Å². The molecule has 1 heterocycles. The average molecular weight is 207 g/mol. The van der Waals surface area contributed by atoms with Crippen molar-refractivity contribution in [1.29, 1.82) is 0 Å². The van der Waals surface area contributed by atoms with Gasteiger partial charge in [0.2, 0.25) is 0 Å². The number of hydrogen-bond donors (Lipinski definition) is 0. The van der Waals surface area contributed by atoms with Gasteiger partial charge in [0, 0.05) is 19.8 Å². The third-order valence-electron chi connectivity index (χ3n) is 2.30. The SMILES string of the molecule is CCN(C)C(=O)c1cnc(C(C)C)cn1. The largest absolute Gasteiger partial charge is 0.341 e. The van der Waals surface area contributed by atoms with Gasteiger partial charge in [0.15, 0.2) is 0 Å². The van der Waals surface area contributed by atoms with Crippen LogP contribution in [0.3, 0.4) is 0 Å². The molecule has 0 aliphatic carbocycles. The van der Waals surface area contributed by atoms with Gasteiger partial charge < -0.3 is 4.90 Å². The van der Waals surface area contributed by atoms with E-state index >= 15 is 0 Å². The van der Waals surface area contributed by atoms with E-state index in [0.717, 1.165) is 5.69 Å². The van der Waals surface area contributed by atoms with Crippen molar-refractivity contribution in [2.24, 2.45) is 0 Å². The van der Waals surface area contributed by atoms with E-state index in [4.69, 9.17) is 0 Å². The van der Waals surface area contributed by atoms with Crippen LogP contribution in [0.1, 0.15) is 42.9 Å². The molecule has 0 fully saturated rings. The highest BCUT2D eigenvalue weighted by molar-refractivity contribution is 5.91. The van der Waals surface area contributed by atoms with Crippen molar-refractivity contribution in [2.45, 2.75) is 26.7 Å². The first kappa shape index (κ1) is 11.6. The fraction of sp³-hybridized carbons (Fsp3) is 0.545. The predicted octanol–water partition coefficient (Wildman–Crippen LogP) is 1.69. The molecule has 0 unspecified atom stereocenters. The average Bonchev–Trinajstić information content (AvgIpc) is 2.27. The Morgan fingerprint density at radius 1 is 1.40 bits per heavy atom. The second-order valence-electron chi connectivity index (χ2n) is 3.80. The molecule has 82 valence electrons. The molecule has 0 bridgehead atoms. The van der Waals surface area contributed by atoms with Gasteiger partial charge in [0.05, 0.1) is 11.9 Å². The Kier molecular flexibility index (Phi) is 3.77. The highest BCUT2D eigenvalue weighted by Gasteiger charge is 2.12. The Labute approximate surface area is 90.3 Å². The van der Waals surface area contributed by atoms with E-state index in [2.05, 4.69) is 9.97 Å². The molecule has 0 radical (unpaired) electrons. The Bertz CT molecular complexity index is 332. The maximum atomic E-state index is 11.7. The van der Waals surface area contributed by atoms with E-state index in [9.17, 15) is 4.79 Å². The molecule has 4 nitrogen and oxygen atoms in total. The second-order valence-corrected chi connectivity index (χ2v) is 3.80. The van der Waals surface area contributed by atoms with E-state index in [1.54, 1.807) is 24.3 Å². The normalized spacial score (nSPS) is 10.5. The van der Waals surface area contributed by atoms with Gasteiger partial charge in [-0.2, -0.15) is 0 Å². The number of amides is 1. The van der Waals surface area contributed by atoms with Gasteiger partial charge in [-0.15, -0.1) is 0 Å². The summed E-state index contributed by atoms with van der Waals surface area (Å²) < 4.78 is 0. The summed E-state index contributed by atoms with van der Waals surface area (Å²) in [5.74, 6) is 0.255. The number of carbonyl (C=O) groups excluding carboxylic acids is 1. The smallest absolute Gasteiger partial charge is 0.273 e. The van der Waals surface area contributed by atoms with Crippen LogP contribution in [0.5, 0.6) is 0 Å². The summed E-state index contributed by atoms with van der Waals surface area (Å²) >= 11 is 0. The minimum absolute atomic E-state index is 0.0830. The first-order valence-electron chi connectivity index (χ1n) is 5.13. The van der Waals surface area contributed by atoms with Crippen molar-refractivity contribution in [2.75, 3.05) is 13.6 Å². The lowest BCUT2D eigenvalue weighted by Gasteiger charge is -2.13. The van der Waals surface area contributed by atoms with Crippen LogP contribution in [0.15, 0.2) is 12.4 Å². The quantitative estimate of drug-likeness (QED) is 0.757. The van der Waals surface area contributed by atoms with Gasteiger partial charge in [-0.1, -0.05) is 13.8 Å². The lowest BCUT2D eigenvalue weighted by atomic mass is 10.1. The van der Waals surface area contributed by atoms with E-state index < -0.39 is 0 Å². The van der Waals surface area contributed by atoms with Gasteiger partial charge in [0.1, 0.15) is 5.69 Å². The van der Waals surface area contributed by atoms with Gasteiger partial charge in [-0.3, -0.25) is 9.78 Å². The van der Waals surface area contributed by atoms with Gasteiger partial charge >= 0.3 is 0 Å². The standard InChI is InChI=1S/C11H17N3O/c1-5-14(4)11(15)10-7-12-9(6-13-10)8(2)3/h6-8H,5H2,1-4H3. The molecule has 0 saturated heterocycles. The number of nitrogens with zero attached hydrogens (tertiary/aromatic N) is 3. The lowest BCUT2D eigenvalue weighted by Crippen LogP contribution is -2.27. The highest BCUT2D eigenvalue weighted by atomic mass is 16.2. The van der Waals surface area contributed by atoms with Crippen LogP contribution in [-0.2, 0) is 0 Å². The Morgan fingerprint density at radius 3 is 2.47 bits per heavy atom. The van der Waals surface area contributed by atoms with E-state index in [-0.39, 0.29) is 5.91 Å². The summed E-state index contributed by atoms with van der Waals surface area (Å²) in [5.41, 5.74) is 1.31. The zero-order chi connectivity index (χ0) is 11.4. The fourth-order valence-electron chi connectivity index (χ4n) is 1.09. The molecule has 1 aromatic rings. The van der Waals surface area contributed by atoms with Crippen molar-refractivity contribution < 1.29 is 4.79 Å². The molecule has 1 amide bonds. The first-order valence-corrected chi connectivity index (χ1v) is 5.13. The Hall–Kier alpha value is -1.45. The van der Waals surface area contributed by atoms with Crippen LogP contribution in [0.25, 0.3) is 0 Å². The number of rotatable bonds is 3. The monoisotopic (exact) mass is 207 g/mol. The Morgan fingerprint density at radius 2 is 2.07 bits per heavy atom. The summed E-state index contributed by atoms with van der Waals surface area (Å²) in [6, 6.07) is 0. The van der Waals surface area contributed by atoms with Crippen molar-refractivity contribution >= 4 is 5.91 Å². The van der Waals surface area contributed by atoms with Crippen LogP contribution in [-0.4, -0.2) is 34.4 Å². The summed E-state index contributed by atoms with van der Waals surface area (Å²) in [4.78, 5) is 21.6. The van der Waals surface area contributed by atoms with Gasteiger partial charge in [0.25, 0.3) is 5.91 Å². The fourth-order valence-corrected chi connectivity index (χ4v) is 1.09. The van der Waals surface area contributed by atoms with Crippen molar-refractivity contribution in [3.63, 3.8) is 0 Å². The molecule has 1 rings (SSSR count). The molecule has 0 atom stereocenters. The number of hydrogen-bond acceptors (Lipinski definition) is 3. The third kappa shape index (κ3) is 2.75. The molecule has 1 aromatic heterocycles. The van der Waals surface area contributed by atoms with Gasteiger partial charge in [-0.05, 0) is 12.8 Å². The molecule has 0 aromatic carbocycles. The van der Waals surface area contributed by atoms with Crippen LogP contribution in [0.2, 0.25) is 0 Å². The molecular weight excluding hydrogens is 190 g/mol. The topological polar surface area (TPSA) is 46.1 Å². The van der Waals surface area contributed by atoms with Crippen LogP contribution in [0.4, 0.5) is 0 Å². The number of aromatic nitrogens is 2. The number of carbonyl (C=O) groups is 1. The summed E-state index contributed by atoms with van der Waals surface area (Å²) in [6.45, 7) is 6.69. The zero-order valence-electron chi connectivity index (χ0n) is 9.69. The molecule has 4 heteroatoms. The van der Waals surface area contributed by atoms with E-state index in [1.165, 1.54) is 0 Å². The second kappa shape index (κ2) is 4.87. The molecule has 0 N–H and O–H groups in total. The maximum Gasteiger partial charge on any atom is 0.273 e. The first-order chi connectivity index (χ1) is 7.06. The molecule has 0 saturated carbocycles. The summed E-state index contributed by atoms with van der Waals surface area (Å²) in [7, 11) is 1.75. The van der Waals surface area contributed by atoms with Crippen LogP contribution < -0.4 is 0 Å².